The van der Waals surface area contributed by atoms with Crippen molar-refractivity contribution < 1.29 is 14.3 Å². The molecule has 2 rings (SSSR count). The molecule has 20 heavy (non-hydrogen) atoms. The van der Waals surface area contributed by atoms with E-state index < -0.39 is 0 Å². The maximum absolute atomic E-state index is 12.2. The number of methoxy groups -OCH3 is 1. The zero-order chi connectivity index (χ0) is 14.5. The van der Waals surface area contributed by atoms with E-state index in [0.29, 0.717) is 17.6 Å². The Bertz CT molecular complexity index is 434. The summed E-state index contributed by atoms with van der Waals surface area (Å²) in [5.74, 6) is 2.69. The molecule has 1 aromatic rings. The van der Waals surface area contributed by atoms with Gasteiger partial charge in [-0.15, -0.1) is 0 Å². The lowest BCUT2D eigenvalue weighted by Crippen LogP contribution is -2.44. The van der Waals surface area contributed by atoms with E-state index in [2.05, 4.69) is 13.8 Å². The lowest BCUT2D eigenvalue weighted by atomic mass is 9.92. The standard InChI is InChI=1S/C16H23NO3/c1-12-8-13(2)10-17(9-12)16(18)11-20-15-6-4-14(19-3)5-7-15/h4-7,12-13H,8-11H2,1-3H3/t12-,13-/m1/s1. The second-order valence-electron chi connectivity index (χ2n) is 5.71. The van der Waals surface area contributed by atoms with Gasteiger partial charge in [-0.25, -0.2) is 0 Å². The Labute approximate surface area is 120 Å². The van der Waals surface area contributed by atoms with E-state index in [1.54, 1.807) is 7.11 Å². The van der Waals surface area contributed by atoms with Crippen molar-refractivity contribution in [2.24, 2.45) is 11.8 Å². The SMILES string of the molecule is COc1ccc(OCC(=O)N2C[C@H](C)C[C@@H](C)C2)cc1. The molecule has 1 heterocycles. The summed E-state index contributed by atoms with van der Waals surface area (Å²) in [5.41, 5.74) is 0. The molecular weight excluding hydrogens is 254 g/mol. The molecule has 1 aliphatic heterocycles. The van der Waals surface area contributed by atoms with Crippen LogP contribution < -0.4 is 9.47 Å². The molecule has 0 radical (unpaired) electrons. The molecule has 110 valence electrons. The minimum absolute atomic E-state index is 0.0687. The van der Waals surface area contributed by atoms with Crippen molar-refractivity contribution in [2.45, 2.75) is 20.3 Å². The summed E-state index contributed by atoms with van der Waals surface area (Å²) in [6.45, 7) is 6.18. The summed E-state index contributed by atoms with van der Waals surface area (Å²) in [7, 11) is 1.62. The van der Waals surface area contributed by atoms with Crippen LogP contribution in [0.2, 0.25) is 0 Å². The van der Waals surface area contributed by atoms with Crippen LogP contribution in [0.4, 0.5) is 0 Å². The first kappa shape index (κ1) is 14.7. The lowest BCUT2D eigenvalue weighted by molar-refractivity contribution is -0.136. The van der Waals surface area contributed by atoms with Gasteiger partial charge in [-0.2, -0.15) is 0 Å². The van der Waals surface area contributed by atoms with Crippen LogP contribution in [0.15, 0.2) is 24.3 Å². The quantitative estimate of drug-likeness (QED) is 0.849. The molecule has 1 amide bonds. The molecule has 0 bridgehead atoms. The molecule has 0 aliphatic carbocycles. The third-order valence-corrected chi connectivity index (χ3v) is 3.64. The van der Waals surface area contributed by atoms with Gasteiger partial charge in [0, 0.05) is 13.1 Å². The van der Waals surface area contributed by atoms with E-state index in [4.69, 9.17) is 9.47 Å². The number of ether oxygens (including phenoxy) is 2. The third-order valence-electron chi connectivity index (χ3n) is 3.64. The molecule has 4 nitrogen and oxygen atoms in total. The summed E-state index contributed by atoms with van der Waals surface area (Å²) < 4.78 is 10.6. The van der Waals surface area contributed by atoms with Crippen molar-refractivity contribution in [3.05, 3.63) is 24.3 Å². The number of rotatable bonds is 4. The minimum atomic E-state index is 0.0687. The summed E-state index contributed by atoms with van der Waals surface area (Å²) >= 11 is 0. The normalized spacial score (nSPS) is 22.4. The zero-order valence-corrected chi connectivity index (χ0v) is 12.5. The molecule has 0 unspecified atom stereocenters. The number of piperidine rings is 1. The van der Waals surface area contributed by atoms with Gasteiger partial charge in [0.1, 0.15) is 11.5 Å². The van der Waals surface area contributed by atoms with E-state index in [1.165, 1.54) is 6.42 Å². The van der Waals surface area contributed by atoms with Gasteiger partial charge in [0.05, 0.1) is 7.11 Å². The molecular formula is C16H23NO3. The predicted octanol–water partition coefficient (Wildman–Crippen LogP) is 2.58. The van der Waals surface area contributed by atoms with Crippen LogP contribution in [0.3, 0.4) is 0 Å². The second-order valence-corrected chi connectivity index (χ2v) is 5.71. The van der Waals surface area contributed by atoms with Crippen LogP contribution in [0.1, 0.15) is 20.3 Å². The number of carbonyl (C=O) groups excluding carboxylic acids is 1. The number of benzene rings is 1. The largest absolute Gasteiger partial charge is 0.497 e. The van der Waals surface area contributed by atoms with Crippen LogP contribution in [-0.4, -0.2) is 37.6 Å². The molecule has 1 saturated heterocycles. The number of likely N-dealkylation sites (tertiary alicyclic amines) is 1. The smallest absolute Gasteiger partial charge is 0.260 e. The van der Waals surface area contributed by atoms with E-state index in [0.717, 1.165) is 18.8 Å². The summed E-state index contributed by atoms with van der Waals surface area (Å²) in [6, 6.07) is 7.27. The Balaban J connectivity index is 1.84. The van der Waals surface area contributed by atoms with Gasteiger partial charge in [-0.1, -0.05) is 13.8 Å². The highest BCUT2D eigenvalue weighted by molar-refractivity contribution is 5.77. The fourth-order valence-electron chi connectivity index (χ4n) is 2.77. The van der Waals surface area contributed by atoms with Gasteiger partial charge in [0.25, 0.3) is 5.91 Å². The average molecular weight is 277 g/mol. The third kappa shape index (κ3) is 3.89. The lowest BCUT2D eigenvalue weighted by Gasteiger charge is -2.34. The van der Waals surface area contributed by atoms with Crippen LogP contribution in [-0.2, 0) is 4.79 Å². The van der Waals surface area contributed by atoms with Gasteiger partial charge in [0.2, 0.25) is 0 Å². The number of amides is 1. The van der Waals surface area contributed by atoms with E-state index in [-0.39, 0.29) is 12.5 Å². The molecule has 0 aromatic heterocycles. The van der Waals surface area contributed by atoms with Crippen molar-refractivity contribution in [1.29, 1.82) is 0 Å². The highest BCUT2D eigenvalue weighted by atomic mass is 16.5. The molecule has 4 heteroatoms. The molecule has 0 N–H and O–H groups in total. The van der Waals surface area contributed by atoms with Gasteiger partial charge in [0.15, 0.2) is 6.61 Å². The average Bonchev–Trinajstić information content (AvgIpc) is 2.44. The maximum Gasteiger partial charge on any atom is 0.260 e. The predicted molar refractivity (Wildman–Crippen MR) is 78.0 cm³/mol. The van der Waals surface area contributed by atoms with Crippen LogP contribution in [0.25, 0.3) is 0 Å². The Morgan fingerprint density at radius 1 is 1.15 bits per heavy atom. The van der Waals surface area contributed by atoms with Crippen LogP contribution >= 0.6 is 0 Å². The van der Waals surface area contributed by atoms with Gasteiger partial charge in [-0.05, 0) is 42.5 Å². The summed E-state index contributed by atoms with van der Waals surface area (Å²) in [4.78, 5) is 14.1. The second kappa shape index (κ2) is 6.64. The number of hydrogen-bond acceptors (Lipinski definition) is 3. The van der Waals surface area contributed by atoms with E-state index in [9.17, 15) is 4.79 Å². The van der Waals surface area contributed by atoms with Crippen molar-refractivity contribution in [3.8, 4) is 11.5 Å². The Hall–Kier alpha value is -1.71. The number of hydrogen-bond donors (Lipinski definition) is 0. The van der Waals surface area contributed by atoms with Crippen molar-refractivity contribution in [1.82, 2.24) is 4.90 Å². The van der Waals surface area contributed by atoms with Gasteiger partial charge in [-0.3, -0.25) is 4.79 Å². The Morgan fingerprint density at radius 2 is 1.70 bits per heavy atom. The highest BCUT2D eigenvalue weighted by Crippen LogP contribution is 2.21. The minimum Gasteiger partial charge on any atom is -0.497 e. The van der Waals surface area contributed by atoms with Crippen molar-refractivity contribution in [3.63, 3.8) is 0 Å². The fraction of sp³-hybridized carbons (Fsp3) is 0.562. The first-order valence-corrected chi connectivity index (χ1v) is 7.13. The van der Waals surface area contributed by atoms with E-state index in [1.807, 2.05) is 29.2 Å². The van der Waals surface area contributed by atoms with Crippen LogP contribution in [0, 0.1) is 11.8 Å². The first-order valence-electron chi connectivity index (χ1n) is 7.13. The maximum atomic E-state index is 12.2. The van der Waals surface area contributed by atoms with Crippen molar-refractivity contribution >= 4 is 5.91 Å². The molecule has 1 aliphatic rings. The topological polar surface area (TPSA) is 38.8 Å². The molecule has 1 fully saturated rings. The monoisotopic (exact) mass is 277 g/mol. The van der Waals surface area contributed by atoms with E-state index >= 15 is 0 Å². The Kier molecular flexibility index (Phi) is 4.88. The molecule has 1 aromatic carbocycles. The highest BCUT2D eigenvalue weighted by Gasteiger charge is 2.25. The molecule has 0 spiro atoms. The van der Waals surface area contributed by atoms with Gasteiger partial charge < -0.3 is 14.4 Å². The number of carbonyl (C=O) groups is 1. The first-order chi connectivity index (χ1) is 9.58. The zero-order valence-electron chi connectivity index (χ0n) is 12.5. The van der Waals surface area contributed by atoms with Gasteiger partial charge >= 0.3 is 0 Å². The van der Waals surface area contributed by atoms with Crippen LogP contribution in [0.5, 0.6) is 11.5 Å². The van der Waals surface area contributed by atoms with Crippen molar-refractivity contribution in [2.75, 3.05) is 26.8 Å². The summed E-state index contributed by atoms with van der Waals surface area (Å²) in [6.07, 6.45) is 1.20. The fourth-order valence-corrected chi connectivity index (χ4v) is 2.77. The molecule has 0 saturated carbocycles. The molecule has 2 atom stereocenters. The Morgan fingerprint density at radius 3 is 2.25 bits per heavy atom. The summed E-state index contributed by atoms with van der Waals surface area (Å²) in [5, 5.41) is 0. The number of nitrogens with zero attached hydrogens (tertiary/aromatic N) is 1.